The van der Waals surface area contributed by atoms with E-state index < -0.39 is 71.2 Å². The number of nitrogens with two attached hydrogens (primary N) is 1. The predicted octanol–water partition coefficient (Wildman–Crippen LogP) is 13.0. The minimum atomic E-state index is -0.821. The number of methoxy groups -OCH3 is 2. The third-order valence-electron chi connectivity index (χ3n) is 20.9. The van der Waals surface area contributed by atoms with E-state index in [0.717, 1.165) is 39.6 Å². The molecule has 3 fully saturated rings. The fourth-order valence-electron chi connectivity index (χ4n) is 14.9. The van der Waals surface area contributed by atoms with Crippen LogP contribution in [0.3, 0.4) is 0 Å². The molecular weight excluding hydrogens is 1730 g/mol. The number of rotatable bonds is 18. The molecule has 37 heteroatoms. The van der Waals surface area contributed by atoms with Crippen molar-refractivity contribution in [3.05, 3.63) is 238 Å². The van der Waals surface area contributed by atoms with Crippen molar-refractivity contribution in [2.45, 2.75) is 121 Å². The number of amides is 3. The largest absolute Gasteiger partial charge is 0.468 e. The number of nitrogens with one attached hydrogen (secondary N) is 1. The molecule has 3 aliphatic rings. The molecule has 6 aromatic heterocycles. The molecule has 0 bridgehead atoms. The summed E-state index contributed by atoms with van der Waals surface area (Å²) in [7, 11) is 2.41. The summed E-state index contributed by atoms with van der Waals surface area (Å²) in [5.74, 6) is -0.828. The Morgan fingerprint density at radius 1 is 0.398 bits per heavy atom. The number of carbonyl (C=O) groups excluding carboxylic acids is 6. The number of hydrogen-bond donors (Lipinski definition) is 2. The topological polar surface area (TPSA) is 351 Å². The lowest BCUT2D eigenvalue weighted by atomic mass is 9.96. The monoisotopic (exact) mass is 1820 g/mol. The van der Waals surface area contributed by atoms with Gasteiger partial charge in [-0.3, -0.25) is 70.6 Å². The van der Waals surface area contributed by atoms with E-state index in [4.69, 9.17) is 99.8 Å². The number of hydrogen-bond acceptors (Lipinski definition) is 18. The highest BCUT2D eigenvalue weighted by Gasteiger charge is 2.33. The van der Waals surface area contributed by atoms with Gasteiger partial charge in [-0.05, 0) is 190 Å². The minimum Gasteiger partial charge on any atom is -0.468 e. The number of carbonyl (C=O) groups is 6. The number of piperidine rings is 3. The van der Waals surface area contributed by atoms with Crippen molar-refractivity contribution < 1.29 is 38.2 Å². The van der Waals surface area contributed by atoms with E-state index in [2.05, 4.69) is 16.9 Å². The lowest BCUT2D eigenvalue weighted by Gasteiger charge is -2.31. The molecule has 3 aliphatic heterocycles. The number of primary amides is 1. The summed E-state index contributed by atoms with van der Waals surface area (Å²) in [5.41, 5.74) is 5.87. The van der Waals surface area contributed by atoms with Crippen LogP contribution in [-0.2, 0) is 77.5 Å². The van der Waals surface area contributed by atoms with Gasteiger partial charge in [0.25, 0.3) is 16.7 Å². The molecule has 3 saturated heterocycles. The van der Waals surface area contributed by atoms with Crippen molar-refractivity contribution >= 4 is 150 Å². The predicted molar refractivity (Wildman–Crippen MR) is 481 cm³/mol. The first-order valence-electron chi connectivity index (χ1n) is 38.1. The number of aromatic nitrogens is 12. The van der Waals surface area contributed by atoms with Gasteiger partial charge >= 0.3 is 29.0 Å². The van der Waals surface area contributed by atoms with Crippen molar-refractivity contribution in [2.24, 2.45) is 23.5 Å². The molecule has 30 nitrogen and oxygen atoms in total. The smallest absolute Gasteiger partial charge is 0.333 e. The van der Waals surface area contributed by atoms with Crippen LogP contribution in [0.2, 0.25) is 30.1 Å². The van der Waals surface area contributed by atoms with Crippen molar-refractivity contribution in [3.63, 3.8) is 0 Å². The lowest BCUT2D eigenvalue weighted by molar-refractivity contribution is -0.142. The Hall–Kier alpha value is -11.2. The van der Waals surface area contributed by atoms with Gasteiger partial charge in [0, 0.05) is 115 Å². The summed E-state index contributed by atoms with van der Waals surface area (Å²) < 4.78 is 21.5. The van der Waals surface area contributed by atoms with E-state index >= 15 is 0 Å². The summed E-state index contributed by atoms with van der Waals surface area (Å²) in [6.07, 6.45) is 4.46. The zero-order valence-corrected chi connectivity index (χ0v) is 70.8. The molecule has 650 valence electrons. The number of fused-ring (bicyclic) bond motifs is 3. The zero-order valence-electron chi connectivity index (χ0n) is 65.5. The van der Waals surface area contributed by atoms with Crippen LogP contribution in [0, 0.1) is 17.8 Å². The second kappa shape index (κ2) is 42.2. The quantitative estimate of drug-likeness (QED) is 0.0595. The third kappa shape index (κ3) is 21.4. The summed E-state index contributed by atoms with van der Waals surface area (Å²) in [5, 5.41) is 5.75. The first-order valence-corrected chi connectivity index (χ1v) is 40.7. The molecule has 123 heavy (non-hydrogen) atoms. The Morgan fingerprint density at radius 2 is 0.659 bits per heavy atom. The average Bonchev–Trinajstić information content (AvgIpc) is 1.60. The van der Waals surface area contributed by atoms with Crippen LogP contribution in [-0.4, -0.2) is 154 Å². The van der Waals surface area contributed by atoms with Crippen molar-refractivity contribution in [1.82, 2.24) is 71.2 Å². The van der Waals surface area contributed by atoms with Crippen molar-refractivity contribution in [3.8, 4) is 51.2 Å². The van der Waals surface area contributed by atoms with E-state index in [1.54, 1.807) is 163 Å². The van der Waals surface area contributed by atoms with Crippen molar-refractivity contribution in [2.75, 3.05) is 53.5 Å². The van der Waals surface area contributed by atoms with Gasteiger partial charge in [-0.25, -0.2) is 43.0 Å². The van der Waals surface area contributed by atoms with Crippen LogP contribution >= 0.6 is 81.2 Å². The maximum Gasteiger partial charge on any atom is 0.333 e. The van der Waals surface area contributed by atoms with Gasteiger partial charge in [-0.15, -0.1) is 0 Å². The second-order valence-electron chi connectivity index (χ2n) is 28.7. The number of halogens is 7. The zero-order chi connectivity index (χ0) is 86.1. The minimum absolute atomic E-state index is 0. The standard InChI is InChI=1S/C28H27Cl2N5O5.C27H26Cl2N6O4.C26H25Cl2N5O4.C2H3ClO.3CH4/c1-17(36)32-13-11-18(12-14-32)15-33-26-24(27(38)34(28(33)39)16-23(37)40-2)35(20-9-7-19(29)8-10-20)25(31-26)21-5-3-4-6-22(21)30;1-16(36)32-12-10-17(11-13-32)14-33-25-23(26(38)34(27(33)39)15-22(30)37)35(19-8-6-18(28)7-9-19)24(31-25)20-4-2-3-5-21(20)29;1-37-21(34)15-32-25(35)22-24(31(26(32)36)14-16-10-12-29-13-11-16)30-23(19-4-2-3-5-20(19)28)33(22)18-8-6-17(27)7-9-18;1-2(3)4;;;/h3-10,18H,11-16H2,1-2H3;2-9,17H,10-15H2,1H3,(H2,30,37);2-9,16,29H,10-15H2,1H3;1H3;3*1H4. The van der Waals surface area contributed by atoms with Gasteiger partial charge in [0.05, 0.1) is 29.3 Å². The van der Waals surface area contributed by atoms with Crippen LogP contribution in [0.1, 0.15) is 81.6 Å². The highest BCUT2D eigenvalue weighted by atomic mass is 35.5. The first kappa shape index (κ1) is 95.6. The third-order valence-corrected chi connectivity index (χ3v) is 22.7. The molecule has 0 radical (unpaired) electrons. The van der Waals surface area contributed by atoms with Gasteiger partial charge in [0.2, 0.25) is 23.0 Å². The molecule has 3 N–H and O–H groups in total. The van der Waals surface area contributed by atoms with Crippen LogP contribution in [0.25, 0.3) is 84.7 Å². The van der Waals surface area contributed by atoms with Gasteiger partial charge in [-0.2, -0.15) is 0 Å². The maximum absolute atomic E-state index is 13.9. The van der Waals surface area contributed by atoms with Crippen LogP contribution in [0.15, 0.2) is 174 Å². The number of nitrogens with zero attached hydrogens (tertiary/aromatic N) is 14. The van der Waals surface area contributed by atoms with Crippen LogP contribution in [0.5, 0.6) is 0 Å². The van der Waals surface area contributed by atoms with Gasteiger partial charge in [0.1, 0.15) is 37.1 Å². The molecular formula is C86H93Cl7N16O14. The summed E-state index contributed by atoms with van der Waals surface area (Å²) >= 11 is 42.8. The van der Waals surface area contributed by atoms with E-state index in [1.807, 2.05) is 6.07 Å². The molecule has 0 unspecified atom stereocenters. The van der Waals surface area contributed by atoms with Gasteiger partial charge < -0.3 is 30.3 Å². The fourth-order valence-corrected chi connectivity index (χ4v) is 15.9. The van der Waals surface area contributed by atoms with E-state index in [9.17, 15) is 57.5 Å². The number of esters is 2. The highest BCUT2D eigenvalue weighted by Crippen LogP contribution is 2.37. The van der Waals surface area contributed by atoms with E-state index in [0.29, 0.717) is 140 Å². The molecule has 0 aliphatic carbocycles. The first-order chi connectivity index (χ1) is 57.5. The molecule has 0 atom stereocenters. The normalized spacial score (nSPS) is 13.6. The number of ether oxygens (including phenoxy) is 2. The Morgan fingerprint density at radius 3 is 0.911 bits per heavy atom. The van der Waals surface area contributed by atoms with Crippen LogP contribution in [0.4, 0.5) is 0 Å². The van der Waals surface area contributed by atoms with Crippen molar-refractivity contribution in [1.29, 1.82) is 0 Å². The second-order valence-corrected chi connectivity index (χ2v) is 31.8. The van der Waals surface area contributed by atoms with Gasteiger partial charge in [0.15, 0.2) is 33.5 Å². The highest BCUT2D eigenvalue weighted by molar-refractivity contribution is 6.62. The summed E-state index contributed by atoms with van der Waals surface area (Å²) in [6.45, 7) is 7.56. The summed E-state index contributed by atoms with van der Waals surface area (Å²) in [6, 6.07) is 41.9. The lowest BCUT2D eigenvalue weighted by Crippen LogP contribution is -2.45. The van der Waals surface area contributed by atoms with Crippen LogP contribution < -0.4 is 44.8 Å². The maximum atomic E-state index is 13.9. The van der Waals surface area contributed by atoms with E-state index in [-0.39, 0.29) is 104 Å². The SMILES string of the molecule is C.C.C.CC(=O)Cl.CC(=O)N1CCC(Cn2c(=O)n(CC(N)=O)c(=O)c3c2nc(-c2ccccc2Cl)n3-c2ccc(Cl)cc2)CC1.COC(=O)Cn1c(=O)c2c(nc(-c3ccccc3Cl)n2-c2ccc(Cl)cc2)n(CC2CCN(C(C)=O)CC2)c1=O.COC(=O)Cn1c(=O)c2c(nc(-c3ccccc3Cl)n2-c2ccc(Cl)cc2)n(CC2CCNCC2)c1=O. The fraction of sp³-hybridized carbons (Fsp3) is 0.337. The Balaban J connectivity index is 0.000000202. The average molecular weight is 1820 g/mol. The number of benzene rings is 6. The summed E-state index contributed by atoms with van der Waals surface area (Å²) in [4.78, 5) is 170. The molecule has 9 heterocycles. The van der Waals surface area contributed by atoms with E-state index in [1.165, 1.54) is 48.7 Å². The van der Waals surface area contributed by atoms with Gasteiger partial charge in [-0.1, -0.05) is 128 Å². The Bertz CT molecular complexity index is 6300. The molecule has 3 amide bonds. The Kier molecular flexibility index (Phi) is 32.8. The number of likely N-dealkylation sites (tertiary alicyclic amines) is 2. The molecule has 15 rings (SSSR count). The Labute approximate surface area is 741 Å². The molecule has 0 saturated carbocycles. The molecule has 0 spiro atoms. The molecule has 12 aromatic rings. The number of imidazole rings is 3. The molecule has 6 aromatic carbocycles.